The van der Waals surface area contributed by atoms with E-state index in [0.717, 1.165) is 0 Å². The van der Waals surface area contributed by atoms with Crippen molar-refractivity contribution in [3.63, 3.8) is 0 Å². The molecule has 13 heavy (non-hydrogen) atoms. The van der Waals surface area contributed by atoms with Crippen molar-refractivity contribution in [3.8, 4) is 5.75 Å². The smallest absolute Gasteiger partial charge is 0.179 e. The Kier molecular flexibility index (Phi) is 1.58. The van der Waals surface area contributed by atoms with Crippen LogP contribution in [-0.4, -0.2) is 15.1 Å². The molecule has 2 rings (SSSR count). The fraction of sp³-hybridized carbons (Fsp3) is 0. The minimum atomic E-state index is -1.04. The van der Waals surface area contributed by atoms with E-state index in [-0.39, 0.29) is 11.0 Å². The Morgan fingerprint density at radius 3 is 2.31 bits per heavy atom. The zero-order valence-corrected chi connectivity index (χ0v) is 6.33. The van der Waals surface area contributed by atoms with Crippen LogP contribution in [0.2, 0.25) is 0 Å². The van der Waals surface area contributed by atoms with Crippen LogP contribution in [0, 0.1) is 11.6 Å². The van der Waals surface area contributed by atoms with E-state index in [1.165, 1.54) is 12.4 Å². The van der Waals surface area contributed by atoms with E-state index in [2.05, 4.69) is 9.97 Å². The van der Waals surface area contributed by atoms with Gasteiger partial charge in [-0.3, -0.25) is 0 Å². The number of aromatic nitrogens is 2. The van der Waals surface area contributed by atoms with Crippen LogP contribution in [0.4, 0.5) is 8.78 Å². The molecule has 1 heterocycles. The Morgan fingerprint density at radius 1 is 1.00 bits per heavy atom. The van der Waals surface area contributed by atoms with Gasteiger partial charge in [-0.25, -0.2) is 18.7 Å². The first kappa shape index (κ1) is 7.85. The highest BCUT2D eigenvalue weighted by atomic mass is 19.1. The summed E-state index contributed by atoms with van der Waals surface area (Å²) in [5, 5.41) is 9.14. The molecule has 2 aromatic rings. The van der Waals surface area contributed by atoms with E-state index in [4.69, 9.17) is 5.11 Å². The van der Waals surface area contributed by atoms with Gasteiger partial charge in [0.05, 0.1) is 0 Å². The molecular formula is C8H4F2N2O. The Morgan fingerprint density at radius 2 is 1.62 bits per heavy atom. The maximum Gasteiger partial charge on any atom is 0.179 e. The van der Waals surface area contributed by atoms with Crippen molar-refractivity contribution in [2.45, 2.75) is 0 Å². The summed E-state index contributed by atoms with van der Waals surface area (Å²) < 4.78 is 25.7. The van der Waals surface area contributed by atoms with Gasteiger partial charge >= 0.3 is 0 Å². The van der Waals surface area contributed by atoms with E-state index in [1.807, 2.05) is 0 Å². The summed E-state index contributed by atoms with van der Waals surface area (Å²) in [7, 11) is 0. The number of phenolic OH excluding ortho intramolecular Hbond substituents is 1. The van der Waals surface area contributed by atoms with Gasteiger partial charge in [0.25, 0.3) is 0 Å². The highest BCUT2D eigenvalue weighted by molar-refractivity contribution is 5.80. The van der Waals surface area contributed by atoms with Gasteiger partial charge < -0.3 is 5.11 Å². The maximum absolute atomic E-state index is 13.0. The molecule has 0 amide bonds. The third kappa shape index (κ3) is 1.09. The van der Waals surface area contributed by atoms with Crippen LogP contribution >= 0.6 is 0 Å². The first-order valence-corrected chi connectivity index (χ1v) is 3.48. The minimum absolute atomic E-state index is 0.138. The molecule has 0 aliphatic heterocycles. The Hall–Kier alpha value is -1.78. The van der Waals surface area contributed by atoms with Crippen LogP contribution in [0.15, 0.2) is 18.5 Å². The molecule has 0 saturated heterocycles. The molecule has 0 bridgehead atoms. The fourth-order valence-electron chi connectivity index (χ4n) is 1.05. The molecule has 0 atom stereocenters. The number of rotatable bonds is 0. The topological polar surface area (TPSA) is 46.0 Å². The molecule has 0 aliphatic rings. The number of aromatic hydroxyl groups is 1. The summed E-state index contributed by atoms with van der Waals surface area (Å²) in [6.45, 7) is 0. The molecule has 0 fully saturated rings. The lowest BCUT2D eigenvalue weighted by molar-refractivity contribution is 0.434. The molecule has 1 aromatic carbocycles. The third-order valence-electron chi connectivity index (χ3n) is 1.63. The van der Waals surface area contributed by atoms with Gasteiger partial charge in [0, 0.05) is 18.5 Å². The summed E-state index contributed by atoms with van der Waals surface area (Å²) in [4.78, 5) is 7.23. The Bertz CT molecular complexity index is 473. The summed E-state index contributed by atoms with van der Waals surface area (Å²) >= 11 is 0. The highest BCUT2D eigenvalue weighted by Gasteiger charge is 2.12. The van der Waals surface area contributed by atoms with Crippen molar-refractivity contribution in [3.05, 3.63) is 30.1 Å². The minimum Gasteiger partial charge on any atom is -0.503 e. The third-order valence-corrected chi connectivity index (χ3v) is 1.63. The van der Waals surface area contributed by atoms with Crippen LogP contribution in [-0.2, 0) is 0 Å². The van der Waals surface area contributed by atoms with Gasteiger partial charge in [0.15, 0.2) is 17.4 Å². The molecular weight excluding hydrogens is 178 g/mol. The van der Waals surface area contributed by atoms with Crippen LogP contribution in [0.5, 0.6) is 5.75 Å². The summed E-state index contributed by atoms with van der Waals surface area (Å²) in [6, 6.07) is 0.576. The predicted molar refractivity (Wildman–Crippen MR) is 41.1 cm³/mol. The normalized spacial score (nSPS) is 10.6. The van der Waals surface area contributed by atoms with Gasteiger partial charge in [-0.1, -0.05) is 0 Å². The highest BCUT2D eigenvalue weighted by Crippen LogP contribution is 2.26. The van der Waals surface area contributed by atoms with Gasteiger partial charge in [-0.2, -0.15) is 0 Å². The first-order valence-electron chi connectivity index (χ1n) is 3.48. The molecule has 1 aromatic heterocycles. The number of hydrogen-bond acceptors (Lipinski definition) is 3. The van der Waals surface area contributed by atoms with Crippen molar-refractivity contribution in [2.75, 3.05) is 0 Å². The monoisotopic (exact) mass is 182 g/mol. The average Bonchev–Trinajstić information content (AvgIpc) is 2.15. The van der Waals surface area contributed by atoms with E-state index >= 15 is 0 Å². The van der Waals surface area contributed by atoms with E-state index in [0.29, 0.717) is 6.07 Å². The lowest BCUT2D eigenvalue weighted by Crippen LogP contribution is -1.90. The zero-order valence-electron chi connectivity index (χ0n) is 6.33. The van der Waals surface area contributed by atoms with Crippen LogP contribution in [0.25, 0.3) is 11.0 Å². The molecule has 0 aliphatic carbocycles. The molecule has 3 nitrogen and oxygen atoms in total. The van der Waals surface area contributed by atoms with Gasteiger partial charge in [-0.15, -0.1) is 0 Å². The zero-order chi connectivity index (χ0) is 9.42. The molecule has 66 valence electrons. The van der Waals surface area contributed by atoms with Crippen molar-refractivity contribution < 1.29 is 13.9 Å². The number of fused-ring (bicyclic) bond motifs is 1. The van der Waals surface area contributed by atoms with Crippen LogP contribution in [0.1, 0.15) is 0 Å². The average molecular weight is 182 g/mol. The van der Waals surface area contributed by atoms with Gasteiger partial charge in [0.1, 0.15) is 11.0 Å². The second-order valence-electron chi connectivity index (χ2n) is 2.44. The quantitative estimate of drug-likeness (QED) is 0.673. The van der Waals surface area contributed by atoms with Crippen LogP contribution in [0.3, 0.4) is 0 Å². The number of halogens is 2. The molecule has 0 radical (unpaired) electrons. The summed E-state index contributed by atoms with van der Waals surface area (Å²) in [5.41, 5.74) is -0.304. The lowest BCUT2D eigenvalue weighted by atomic mass is 10.2. The number of benzene rings is 1. The van der Waals surface area contributed by atoms with Crippen molar-refractivity contribution in [1.82, 2.24) is 9.97 Å². The van der Waals surface area contributed by atoms with Gasteiger partial charge in [0.2, 0.25) is 0 Å². The standard InChI is InChI=1S/C8H4F2N2O/c9-4-3-5(10)8(13)7-6(4)11-1-2-12-7/h1-3,13H. The number of phenols is 1. The molecule has 0 saturated carbocycles. The van der Waals surface area contributed by atoms with Crippen molar-refractivity contribution in [1.29, 1.82) is 0 Å². The summed E-state index contributed by atoms with van der Waals surface area (Å²) in [6.07, 6.45) is 2.52. The van der Waals surface area contributed by atoms with Gasteiger partial charge in [-0.05, 0) is 0 Å². The predicted octanol–water partition coefficient (Wildman–Crippen LogP) is 1.61. The van der Waals surface area contributed by atoms with E-state index < -0.39 is 17.4 Å². The lowest BCUT2D eigenvalue weighted by Gasteiger charge is -2.00. The molecule has 0 spiro atoms. The Balaban J connectivity index is 2.97. The maximum atomic E-state index is 13.0. The molecule has 0 unspecified atom stereocenters. The van der Waals surface area contributed by atoms with E-state index in [1.54, 1.807) is 0 Å². The second-order valence-corrected chi connectivity index (χ2v) is 2.44. The summed E-state index contributed by atoms with van der Waals surface area (Å²) in [5.74, 6) is -2.55. The molecule has 5 heteroatoms. The number of hydrogen-bond donors (Lipinski definition) is 1. The van der Waals surface area contributed by atoms with Crippen molar-refractivity contribution in [2.24, 2.45) is 0 Å². The van der Waals surface area contributed by atoms with E-state index in [9.17, 15) is 8.78 Å². The van der Waals surface area contributed by atoms with Crippen molar-refractivity contribution >= 4 is 11.0 Å². The fourth-order valence-corrected chi connectivity index (χ4v) is 1.05. The number of nitrogens with zero attached hydrogens (tertiary/aromatic N) is 2. The second kappa shape index (κ2) is 2.62. The van der Waals surface area contributed by atoms with Crippen LogP contribution < -0.4 is 0 Å². The largest absolute Gasteiger partial charge is 0.503 e. The SMILES string of the molecule is Oc1c(F)cc(F)c2nccnc12. The molecule has 1 N–H and O–H groups in total. The Labute approximate surface area is 71.7 Å². The first-order chi connectivity index (χ1) is 6.20.